The summed E-state index contributed by atoms with van der Waals surface area (Å²) in [5.74, 6) is -0.326. The number of nitrogens with zero attached hydrogens (tertiary/aromatic N) is 3. The van der Waals surface area contributed by atoms with Crippen LogP contribution in [0.1, 0.15) is 13.8 Å². The third-order valence-corrected chi connectivity index (χ3v) is 2.26. The van der Waals surface area contributed by atoms with E-state index in [-0.39, 0.29) is 17.6 Å². The third kappa shape index (κ3) is 3.37. The molecule has 1 atom stereocenters. The minimum absolute atomic E-state index is 0.0313. The summed E-state index contributed by atoms with van der Waals surface area (Å²) in [5.41, 5.74) is -0.209. The molecule has 1 aromatic rings. The number of nitro groups is 1. The fraction of sp³-hybridized carbons (Fsp3) is 0.500. The predicted molar refractivity (Wildman–Crippen MR) is 63.0 cm³/mol. The van der Waals surface area contributed by atoms with Gasteiger partial charge in [0.25, 0.3) is 0 Å². The smallest absolute Gasteiger partial charge is 0.328 e. The zero-order valence-corrected chi connectivity index (χ0v) is 10.3. The van der Waals surface area contributed by atoms with Crippen LogP contribution < -0.4 is 5.32 Å². The van der Waals surface area contributed by atoms with Crippen molar-refractivity contribution in [1.29, 1.82) is 0 Å². The number of anilines is 1. The van der Waals surface area contributed by atoms with Gasteiger partial charge >= 0.3 is 11.7 Å². The predicted octanol–water partition coefficient (Wildman–Crippen LogP) is 0.994. The van der Waals surface area contributed by atoms with Crippen LogP contribution in [0.4, 0.5) is 11.6 Å². The molecule has 0 radical (unpaired) electrons. The van der Waals surface area contributed by atoms with E-state index in [0.29, 0.717) is 0 Å². The molecule has 0 aliphatic heterocycles. The topological polar surface area (TPSA) is 107 Å². The summed E-state index contributed by atoms with van der Waals surface area (Å²) in [7, 11) is 1.29. The SMILES string of the molecule is COC(=O)C(Nc1ncc([N+](=O)[O-])cn1)C(C)C. The lowest BCUT2D eigenvalue weighted by Crippen LogP contribution is -2.36. The first-order chi connectivity index (χ1) is 8.45. The van der Waals surface area contributed by atoms with Crippen molar-refractivity contribution in [2.75, 3.05) is 12.4 Å². The highest BCUT2D eigenvalue weighted by atomic mass is 16.6. The zero-order valence-electron chi connectivity index (χ0n) is 10.3. The summed E-state index contributed by atoms with van der Waals surface area (Å²) in [6, 6.07) is -0.601. The molecule has 18 heavy (non-hydrogen) atoms. The van der Waals surface area contributed by atoms with Gasteiger partial charge in [0.05, 0.1) is 12.0 Å². The first-order valence-electron chi connectivity index (χ1n) is 5.26. The molecule has 8 heteroatoms. The molecule has 0 spiro atoms. The number of hydrogen-bond acceptors (Lipinski definition) is 7. The van der Waals surface area contributed by atoms with E-state index in [4.69, 9.17) is 0 Å². The number of rotatable bonds is 5. The highest BCUT2D eigenvalue weighted by molar-refractivity contribution is 5.78. The molecular formula is C10H14N4O4. The Kier molecular flexibility index (Phi) is 4.52. The van der Waals surface area contributed by atoms with E-state index < -0.39 is 16.9 Å². The molecule has 0 bridgehead atoms. The Morgan fingerprint density at radius 1 is 1.44 bits per heavy atom. The average Bonchev–Trinajstić information content (AvgIpc) is 2.35. The van der Waals surface area contributed by atoms with Gasteiger partial charge in [-0.3, -0.25) is 10.1 Å². The lowest BCUT2D eigenvalue weighted by atomic mass is 10.1. The Morgan fingerprint density at radius 3 is 2.39 bits per heavy atom. The number of aromatic nitrogens is 2. The summed E-state index contributed by atoms with van der Waals surface area (Å²) < 4.78 is 4.64. The van der Waals surface area contributed by atoms with E-state index in [2.05, 4.69) is 20.0 Å². The Bertz CT molecular complexity index is 432. The molecule has 98 valence electrons. The molecule has 1 unspecified atom stereocenters. The van der Waals surface area contributed by atoms with Crippen LogP contribution in [0, 0.1) is 16.0 Å². The Morgan fingerprint density at radius 2 is 2.00 bits per heavy atom. The minimum Gasteiger partial charge on any atom is -0.467 e. The highest BCUT2D eigenvalue weighted by Gasteiger charge is 2.23. The molecule has 1 rings (SSSR count). The van der Waals surface area contributed by atoms with Crippen LogP contribution in [0.5, 0.6) is 0 Å². The van der Waals surface area contributed by atoms with Gasteiger partial charge in [0, 0.05) is 0 Å². The van der Waals surface area contributed by atoms with Gasteiger partial charge in [-0.15, -0.1) is 0 Å². The normalized spacial score (nSPS) is 12.0. The summed E-state index contributed by atoms with van der Waals surface area (Å²) in [6.45, 7) is 3.67. The van der Waals surface area contributed by atoms with Gasteiger partial charge < -0.3 is 10.1 Å². The van der Waals surface area contributed by atoms with Crippen LogP contribution in [-0.2, 0) is 9.53 Å². The van der Waals surface area contributed by atoms with Crippen molar-refractivity contribution in [3.8, 4) is 0 Å². The average molecular weight is 254 g/mol. The monoisotopic (exact) mass is 254 g/mol. The van der Waals surface area contributed by atoms with Gasteiger partial charge in [-0.05, 0) is 5.92 Å². The van der Waals surface area contributed by atoms with Crippen molar-refractivity contribution >= 4 is 17.6 Å². The Labute approximate surface area is 104 Å². The fourth-order valence-electron chi connectivity index (χ4n) is 1.25. The second-order valence-electron chi connectivity index (χ2n) is 3.91. The maximum atomic E-state index is 11.5. The second kappa shape index (κ2) is 5.89. The van der Waals surface area contributed by atoms with Crippen LogP contribution in [0.25, 0.3) is 0 Å². The first-order valence-corrected chi connectivity index (χ1v) is 5.26. The number of esters is 1. The molecule has 0 aliphatic rings. The van der Waals surface area contributed by atoms with E-state index in [1.807, 2.05) is 13.8 Å². The summed E-state index contributed by atoms with van der Waals surface area (Å²) >= 11 is 0. The van der Waals surface area contributed by atoms with E-state index in [9.17, 15) is 14.9 Å². The van der Waals surface area contributed by atoms with Gasteiger partial charge in [-0.2, -0.15) is 0 Å². The van der Waals surface area contributed by atoms with Gasteiger partial charge in [-0.25, -0.2) is 14.8 Å². The number of carbonyl (C=O) groups is 1. The van der Waals surface area contributed by atoms with Crippen molar-refractivity contribution < 1.29 is 14.5 Å². The molecule has 0 aromatic carbocycles. The maximum Gasteiger partial charge on any atom is 0.328 e. The molecule has 1 aromatic heterocycles. The molecule has 0 fully saturated rings. The van der Waals surface area contributed by atoms with Gasteiger partial charge in [0.1, 0.15) is 18.4 Å². The van der Waals surface area contributed by atoms with Crippen LogP contribution in [0.3, 0.4) is 0 Å². The second-order valence-corrected chi connectivity index (χ2v) is 3.91. The van der Waals surface area contributed by atoms with Crippen LogP contribution >= 0.6 is 0 Å². The standard InChI is InChI=1S/C10H14N4O4/c1-6(2)8(9(15)18-3)13-10-11-4-7(5-12-10)14(16)17/h4-6,8H,1-3H3,(H,11,12,13). The molecule has 0 amide bonds. The van der Waals surface area contributed by atoms with E-state index in [1.54, 1.807) is 0 Å². The highest BCUT2D eigenvalue weighted by Crippen LogP contribution is 2.12. The van der Waals surface area contributed by atoms with Crippen LogP contribution in [0.15, 0.2) is 12.4 Å². The third-order valence-electron chi connectivity index (χ3n) is 2.26. The zero-order chi connectivity index (χ0) is 13.7. The van der Waals surface area contributed by atoms with Crippen molar-refractivity contribution in [3.63, 3.8) is 0 Å². The number of methoxy groups -OCH3 is 1. The quantitative estimate of drug-likeness (QED) is 0.474. The molecule has 8 nitrogen and oxygen atoms in total. The number of ether oxygens (including phenoxy) is 1. The molecule has 0 saturated heterocycles. The van der Waals surface area contributed by atoms with Crippen molar-refractivity contribution in [2.45, 2.75) is 19.9 Å². The number of carbonyl (C=O) groups excluding carboxylic acids is 1. The van der Waals surface area contributed by atoms with E-state index in [0.717, 1.165) is 12.4 Å². The van der Waals surface area contributed by atoms with Crippen molar-refractivity contribution in [1.82, 2.24) is 9.97 Å². The van der Waals surface area contributed by atoms with Gasteiger partial charge in [-0.1, -0.05) is 13.8 Å². The van der Waals surface area contributed by atoms with Crippen LogP contribution in [-0.4, -0.2) is 34.0 Å². The molecular weight excluding hydrogens is 240 g/mol. The molecule has 0 saturated carbocycles. The number of hydrogen-bond donors (Lipinski definition) is 1. The first kappa shape index (κ1) is 13.8. The molecule has 1 N–H and O–H groups in total. The van der Waals surface area contributed by atoms with Crippen molar-refractivity contribution in [2.24, 2.45) is 5.92 Å². The summed E-state index contributed by atoms with van der Waals surface area (Å²) in [5, 5.41) is 13.2. The molecule has 0 aliphatic carbocycles. The van der Waals surface area contributed by atoms with E-state index >= 15 is 0 Å². The number of nitrogens with one attached hydrogen (secondary N) is 1. The Balaban J connectivity index is 2.81. The van der Waals surface area contributed by atoms with Gasteiger partial charge in [0.15, 0.2) is 0 Å². The summed E-state index contributed by atoms with van der Waals surface area (Å²) in [6.07, 6.45) is 2.15. The fourth-order valence-corrected chi connectivity index (χ4v) is 1.25. The Hall–Kier alpha value is -2.25. The van der Waals surface area contributed by atoms with E-state index in [1.165, 1.54) is 7.11 Å². The lowest BCUT2D eigenvalue weighted by Gasteiger charge is -2.19. The lowest BCUT2D eigenvalue weighted by molar-refractivity contribution is -0.385. The largest absolute Gasteiger partial charge is 0.467 e. The van der Waals surface area contributed by atoms with Gasteiger partial charge in [0.2, 0.25) is 5.95 Å². The molecule has 1 heterocycles. The summed E-state index contributed by atoms with van der Waals surface area (Å²) in [4.78, 5) is 28.9. The van der Waals surface area contributed by atoms with Crippen molar-refractivity contribution in [3.05, 3.63) is 22.5 Å². The minimum atomic E-state index is -0.601. The maximum absolute atomic E-state index is 11.5. The van der Waals surface area contributed by atoms with Crippen LogP contribution in [0.2, 0.25) is 0 Å².